The zero-order valence-corrected chi connectivity index (χ0v) is 17.0. The summed E-state index contributed by atoms with van der Waals surface area (Å²) in [6.07, 6.45) is -6.16. The van der Waals surface area contributed by atoms with Gasteiger partial charge < -0.3 is 18.9 Å². The molecule has 0 N–H and O–H groups in total. The van der Waals surface area contributed by atoms with Gasteiger partial charge in [-0.2, -0.15) is 13.2 Å². The van der Waals surface area contributed by atoms with Crippen molar-refractivity contribution in [1.82, 2.24) is 0 Å². The number of halogens is 4. The zero-order chi connectivity index (χ0) is 23.2. The summed E-state index contributed by atoms with van der Waals surface area (Å²) < 4.78 is 59.0. The van der Waals surface area contributed by atoms with E-state index in [0.29, 0.717) is 6.07 Å². The molecule has 2 rings (SSSR count). The van der Waals surface area contributed by atoms with Crippen molar-refractivity contribution in [2.45, 2.75) is 26.3 Å². The highest BCUT2D eigenvalue weighted by molar-refractivity contribution is 6.32. The number of carbonyl (C=O) groups is 1. The van der Waals surface area contributed by atoms with Crippen LogP contribution in [0.25, 0.3) is 0 Å². The van der Waals surface area contributed by atoms with Crippen LogP contribution in [-0.2, 0) is 20.4 Å². The molecule has 168 valence electrons. The molecule has 0 fully saturated rings. The van der Waals surface area contributed by atoms with E-state index in [1.54, 1.807) is 13.8 Å². The Labute approximate surface area is 179 Å². The lowest BCUT2D eigenvalue weighted by molar-refractivity contribution is -0.386. The van der Waals surface area contributed by atoms with Gasteiger partial charge in [-0.1, -0.05) is 11.6 Å². The van der Waals surface area contributed by atoms with Gasteiger partial charge in [0.15, 0.2) is 0 Å². The Morgan fingerprint density at radius 2 is 1.84 bits per heavy atom. The standard InChI is InChI=1S/C19H17ClF3NO7/c1-3-28-17(25)18(29-4-2)31-16-10-12(6-7-14(16)24(26)27)30-15-8-5-11(9-13(15)20)19(21,22)23/h5-10,18H,3-4H2,1-2H3. The summed E-state index contributed by atoms with van der Waals surface area (Å²) >= 11 is 5.86. The molecule has 0 aliphatic carbocycles. The number of benzene rings is 2. The first kappa shape index (κ1) is 24.2. The van der Waals surface area contributed by atoms with Gasteiger partial charge in [0.25, 0.3) is 6.29 Å². The predicted molar refractivity (Wildman–Crippen MR) is 102 cm³/mol. The molecule has 0 amide bonds. The van der Waals surface area contributed by atoms with Crippen molar-refractivity contribution in [2.24, 2.45) is 0 Å². The lowest BCUT2D eigenvalue weighted by Crippen LogP contribution is -2.32. The minimum atomic E-state index is -4.59. The average molecular weight is 464 g/mol. The van der Waals surface area contributed by atoms with Crippen molar-refractivity contribution < 1.29 is 41.8 Å². The number of hydrogen-bond acceptors (Lipinski definition) is 7. The maximum absolute atomic E-state index is 12.8. The van der Waals surface area contributed by atoms with Crippen molar-refractivity contribution in [1.29, 1.82) is 0 Å². The summed E-state index contributed by atoms with van der Waals surface area (Å²) in [7, 11) is 0. The summed E-state index contributed by atoms with van der Waals surface area (Å²) in [6.45, 7) is 3.22. The molecule has 0 aromatic heterocycles. The molecule has 0 radical (unpaired) electrons. The number of nitro benzene ring substituents is 1. The Hall–Kier alpha value is -3.05. The van der Waals surface area contributed by atoms with Crippen molar-refractivity contribution in [2.75, 3.05) is 13.2 Å². The summed E-state index contributed by atoms with van der Waals surface area (Å²) in [4.78, 5) is 22.5. The number of carbonyl (C=O) groups excluding carboxylic acids is 1. The maximum atomic E-state index is 12.8. The Balaban J connectivity index is 2.35. The SMILES string of the molecule is CCOC(=O)C(OCC)Oc1cc(Oc2ccc(C(F)(F)F)cc2Cl)ccc1[N+](=O)[O-]. The Bertz CT molecular complexity index is 953. The van der Waals surface area contributed by atoms with E-state index in [1.807, 2.05) is 0 Å². The van der Waals surface area contributed by atoms with Gasteiger partial charge in [-0.05, 0) is 38.1 Å². The van der Waals surface area contributed by atoms with Crippen LogP contribution in [0.4, 0.5) is 18.9 Å². The fourth-order valence-electron chi connectivity index (χ4n) is 2.32. The molecule has 0 saturated heterocycles. The fourth-order valence-corrected chi connectivity index (χ4v) is 2.54. The second kappa shape index (κ2) is 10.3. The van der Waals surface area contributed by atoms with Gasteiger partial charge in [0.2, 0.25) is 5.75 Å². The van der Waals surface area contributed by atoms with Gasteiger partial charge in [-0.15, -0.1) is 0 Å². The minimum absolute atomic E-state index is 0.0312. The van der Waals surface area contributed by atoms with Gasteiger partial charge in [-0.25, -0.2) is 4.79 Å². The molecular formula is C19H17ClF3NO7. The minimum Gasteiger partial charge on any atom is -0.461 e. The van der Waals surface area contributed by atoms with Crippen LogP contribution in [0.3, 0.4) is 0 Å². The summed E-state index contributed by atoms with van der Waals surface area (Å²) in [5, 5.41) is 11.0. The first-order chi connectivity index (χ1) is 14.6. The molecule has 0 saturated carbocycles. The third-order valence-corrected chi connectivity index (χ3v) is 3.94. The fraction of sp³-hybridized carbons (Fsp3) is 0.316. The quantitative estimate of drug-likeness (QED) is 0.213. The number of nitrogens with zero attached hydrogens (tertiary/aromatic N) is 1. The van der Waals surface area contributed by atoms with E-state index in [1.165, 1.54) is 6.07 Å². The lowest BCUT2D eigenvalue weighted by Gasteiger charge is -2.18. The van der Waals surface area contributed by atoms with E-state index in [-0.39, 0.29) is 35.5 Å². The van der Waals surface area contributed by atoms with E-state index in [2.05, 4.69) is 0 Å². The third-order valence-electron chi connectivity index (χ3n) is 3.65. The highest BCUT2D eigenvalue weighted by Crippen LogP contribution is 2.38. The van der Waals surface area contributed by atoms with Crippen LogP contribution in [0.15, 0.2) is 36.4 Å². The van der Waals surface area contributed by atoms with Gasteiger partial charge in [0, 0.05) is 18.7 Å². The molecule has 1 atom stereocenters. The molecular weight excluding hydrogens is 447 g/mol. The first-order valence-corrected chi connectivity index (χ1v) is 9.22. The van der Waals surface area contributed by atoms with E-state index in [0.717, 1.165) is 24.3 Å². The van der Waals surface area contributed by atoms with Crippen LogP contribution >= 0.6 is 11.6 Å². The number of alkyl halides is 3. The number of rotatable bonds is 9. The van der Waals surface area contributed by atoms with Crippen LogP contribution in [0, 0.1) is 10.1 Å². The first-order valence-electron chi connectivity index (χ1n) is 8.84. The molecule has 0 heterocycles. The van der Waals surface area contributed by atoms with Crippen molar-refractivity contribution in [3.05, 3.63) is 57.1 Å². The van der Waals surface area contributed by atoms with Crippen molar-refractivity contribution >= 4 is 23.3 Å². The molecule has 0 aliphatic heterocycles. The zero-order valence-electron chi connectivity index (χ0n) is 16.3. The number of nitro groups is 1. The van der Waals surface area contributed by atoms with Crippen molar-refractivity contribution in [3.8, 4) is 17.2 Å². The molecule has 0 bridgehead atoms. The highest BCUT2D eigenvalue weighted by Gasteiger charge is 2.31. The smallest absolute Gasteiger partial charge is 0.416 e. The molecule has 1 unspecified atom stereocenters. The molecule has 12 heteroatoms. The summed E-state index contributed by atoms with van der Waals surface area (Å²) in [5.74, 6) is -1.43. The lowest BCUT2D eigenvalue weighted by atomic mass is 10.2. The van der Waals surface area contributed by atoms with Crippen molar-refractivity contribution in [3.63, 3.8) is 0 Å². The molecule has 8 nitrogen and oxygen atoms in total. The van der Waals surface area contributed by atoms with Gasteiger partial charge in [0.05, 0.1) is 22.1 Å². The Morgan fingerprint density at radius 3 is 2.39 bits per heavy atom. The van der Waals surface area contributed by atoms with E-state index in [9.17, 15) is 28.1 Å². The van der Waals surface area contributed by atoms with Gasteiger partial charge in [0.1, 0.15) is 11.5 Å². The molecule has 31 heavy (non-hydrogen) atoms. The van der Waals surface area contributed by atoms with Gasteiger partial charge >= 0.3 is 17.8 Å². The van der Waals surface area contributed by atoms with E-state index < -0.39 is 34.6 Å². The Kier molecular flexibility index (Phi) is 8.06. The van der Waals surface area contributed by atoms with Crippen LogP contribution < -0.4 is 9.47 Å². The highest BCUT2D eigenvalue weighted by atomic mass is 35.5. The average Bonchev–Trinajstić information content (AvgIpc) is 2.68. The second-order valence-electron chi connectivity index (χ2n) is 5.79. The maximum Gasteiger partial charge on any atom is 0.416 e. The predicted octanol–water partition coefficient (Wildman–Crippen LogP) is 5.36. The largest absolute Gasteiger partial charge is 0.461 e. The monoisotopic (exact) mass is 463 g/mol. The van der Waals surface area contributed by atoms with E-state index >= 15 is 0 Å². The van der Waals surface area contributed by atoms with Gasteiger partial charge in [-0.3, -0.25) is 10.1 Å². The molecule has 2 aromatic carbocycles. The van der Waals surface area contributed by atoms with E-state index in [4.69, 9.17) is 30.5 Å². The van der Waals surface area contributed by atoms with Crippen LogP contribution in [0.5, 0.6) is 17.2 Å². The summed E-state index contributed by atoms with van der Waals surface area (Å²) in [5.41, 5.74) is -1.47. The number of ether oxygens (including phenoxy) is 4. The molecule has 0 aliphatic rings. The van der Waals surface area contributed by atoms with Crippen LogP contribution in [0.1, 0.15) is 19.4 Å². The third kappa shape index (κ3) is 6.46. The second-order valence-corrected chi connectivity index (χ2v) is 6.20. The summed E-state index contributed by atoms with van der Waals surface area (Å²) in [6, 6.07) is 5.78. The topological polar surface area (TPSA) is 97.1 Å². The van der Waals surface area contributed by atoms with Crippen LogP contribution in [0.2, 0.25) is 5.02 Å². The normalized spacial score (nSPS) is 12.2. The Morgan fingerprint density at radius 1 is 1.13 bits per heavy atom. The molecule has 0 spiro atoms. The number of hydrogen-bond donors (Lipinski definition) is 0. The van der Waals surface area contributed by atoms with Crippen LogP contribution in [-0.4, -0.2) is 30.4 Å². The molecule has 2 aromatic rings. The number of esters is 1.